The third kappa shape index (κ3) is 7.03. The van der Waals surface area contributed by atoms with Crippen molar-refractivity contribution in [2.75, 3.05) is 6.61 Å². The highest BCUT2D eigenvalue weighted by Crippen LogP contribution is 2.06. The Labute approximate surface area is 98.9 Å². The van der Waals surface area contributed by atoms with Crippen LogP contribution in [0.25, 0.3) is 0 Å². The van der Waals surface area contributed by atoms with Gasteiger partial charge in [0.25, 0.3) is 0 Å². The van der Waals surface area contributed by atoms with Crippen LogP contribution in [0.5, 0.6) is 0 Å². The summed E-state index contributed by atoms with van der Waals surface area (Å²) in [6, 6.07) is 1.98. The maximum Gasteiger partial charge on any atom is 0.0985 e. The van der Waals surface area contributed by atoms with Gasteiger partial charge in [0, 0.05) is 5.57 Å². The fourth-order valence-corrected chi connectivity index (χ4v) is 1.01. The van der Waals surface area contributed by atoms with E-state index in [0.29, 0.717) is 11.5 Å². The van der Waals surface area contributed by atoms with Gasteiger partial charge in [0.1, 0.15) is 0 Å². The van der Waals surface area contributed by atoms with Gasteiger partial charge in [-0.05, 0) is 18.9 Å². The Morgan fingerprint density at radius 2 is 2.19 bits per heavy atom. The van der Waals surface area contributed by atoms with E-state index in [0.717, 1.165) is 13.0 Å². The summed E-state index contributed by atoms with van der Waals surface area (Å²) in [5.74, 6) is 0.556. The molecule has 0 saturated carbocycles. The average molecular weight is 219 g/mol. The number of nitrogens with zero attached hydrogens (tertiary/aromatic N) is 1. The predicted octanol–water partition coefficient (Wildman–Crippen LogP) is 3.63. The average Bonchev–Trinajstić information content (AvgIpc) is 2.31. The molecule has 0 aromatic heterocycles. The highest BCUT2D eigenvalue weighted by molar-refractivity contribution is 5.30. The lowest BCUT2D eigenvalue weighted by molar-refractivity contribution is 0.0863. The lowest BCUT2D eigenvalue weighted by Gasteiger charge is -2.13. The monoisotopic (exact) mass is 219 g/mol. The van der Waals surface area contributed by atoms with Crippen LogP contribution < -0.4 is 0 Å². The van der Waals surface area contributed by atoms with E-state index in [1.54, 1.807) is 6.08 Å². The summed E-state index contributed by atoms with van der Waals surface area (Å²) < 4.78 is 5.71. The summed E-state index contributed by atoms with van der Waals surface area (Å²) in [6.07, 6.45) is 8.50. The molecule has 0 aromatic rings. The lowest BCUT2D eigenvalue weighted by atomic mass is 10.1. The smallest absolute Gasteiger partial charge is 0.0985 e. The molecule has 0 amide bonds. The first kappa shape index (κ1) is 14.7. The minimum Gasteiger partial charge on any atom is -0.370 e. The number of hydrogen-bond donors (Lipinski definition) is 0. The summed E-state index contributed by atoms with van der Waals surface area (Å²) in [5.41, 5.74) is 0.446. The number of allylic oxidation sites excluding steroid dienone is 3. The van der Waals surface area contributed by atoms with Gasteiger partial charge in [0.05, 0.1) is 18.8 Å². The highest BCUT2D eigenvalue weighted by Gasteiger charge is 2.03. The van der Waals surface area contributed by atoms with E-state index in [1.807, 2.05) is 31.2 Å². The van der Waals surface area contributed by atoms with Crippen molar-refractivity contribution in [3.63, 3.8) is 0 Å². The van der Waals surface area contributed by atoms with Crippen molar-refractivity contribution >= 4 is 0 Å². The Kier molecular flexibility index (Phi) is 8.19. The fourth-order valence-electron chi connectivity index (χ4n) is 1.01. The van der Waals surface area contributed by atoms with E-state index in [1.165, 1.54) is 0 Å². The minimum absolute atomic E-state index is 0.0656. The van der Waals surface area contributed by atoms with Gasteiger partial charge in [-0.2, -0.15) is 5.26 Å². The molecule has 2 nitrogen and oxygen atoms in total. The van der Waals surface area contributed by atoms with Crippen LogP contribution in [0.1, 0.15) is 27.2 Å². The molecular weight excluding hydrogens is 198 g/mol. The molecule has 0 aromatic carbocycles. The molecule has 0 saturated heterocycles. The molecule has 0 aliphatic carbocycles. The molecule has 2 atom stereocenters. The third-order valence-corrected chi connectivity index (χ3v) is 2.28. The first-order valence-electron chi connectivity index (χ1n) is 5.65. The van der Waals surface area contributed by atoms with Gasteiger partial charge < -0.3 is 4.74 Å². The van der Waals surface area contributed by atoms with Gasteiger partial charge in [0.15, 0.2) is 0 Å². The maximum absolute atomic E-state index is 8.57. The first-order valence-corrected chi connectivity index (χ1v) is 5.65. The van der Waals surface area contributed by atoms with Crippen LogP contribution in [0.15, 0.2) is 36.5 Å². The Morgan fingerprint density at radius 1 is 1.50 bits per heavy atom. The van der Waals surface area contributed by atoms with E-state index in [-0.39, 0.29) is 6.10 Å². The van der Waals surface area contributed by atoms with E-state index < -0.39 is 0 Å². The van der Waals surface area contributed by atoms with E-state index >= 15 is 0 Å². The summed E-state index contributed by atoms with van der Waals surface area (Å²) in [6.45, 7) is 10.6. The zero-order valence-electron chi connectivity index (χ0n) is 10.4. The molecule has 0 aliphatic rings. The zero-order valence-corrected chi connectivity index (χ0v) is 10.4. The van der Waals surface area contributed by atoms with Crippen molar-refractivity contribution in [2.24, 2.45) is 5.92 Å². The zero-order chi connectivity index (χ0) is 12.4. The molecule has 0 fully saturated rings. The quantitative estimate of drug-likeness (QED) is 0.372. The number of hydrogen-bond acceptors (Lipinski definition) is 2. The van der Waals surface area contributed by atoms with E-state index in [4.69, 9.17) is 10.00 Å². The molecular formula is C14H21NO. The van der Waals surface area contributed by atoms with Crippen molar-refractivity contribution in [2.45, 2.75) is 33.3 Å². The van der Waals surface area contributed by atoms with Crippen LogP contribution in [0, 0.1) is 17.2 Å². The van der Waals surface area contributed by atoms with E-state index in [2.05, 4.69) is 20.4 Å². The Balaban J connectivity index is 4.23. The van der Waals surface area contributed by atoms with E-state index in [9.17, 15) is 0 Å². The van der Waals surface area contributed by atoms with Gasteiger partial charge in [0.2, 0.25) is 0 Å². The molecule has 0 aliphatic heterocycles. The first-order chi connectivity index (χ1) is 7.63. The lowest BCUT2D eigenvalue weighted by Crippen LogP contribution is -2.12. The summed E-state index contributed by atoms with van der Waals surface area (Å²) in [5, 5.41) is 8.57. The van der Waals surface area contributed by atoms with Crippen LogP contribution in [-0.4, -0.2) is 12.7 Å². The van der Waals surface area contributed by atoms with Crippen molar-refractivity contribution in [1.82, 2.24) is 0 Å². The SMILES string of the molecule is C=C(C#N)/C=C\C(/C=C/C)OCC(C)CC. The molecule has 88 valence electrons. The second-order valence-corrected chi connectivity index (χ2v) is 3.83. The number of ether oxygens (including phenoxy) is 1. The molecule has 0 radical (unpaired) electrons. The summed E-state index contributed by atoms with van der Waals surface area (Å²) in [4.78, 5) is 0. The topological polar surface area (TPSA) is 33.0 Å². The van der Waals surface area contributed by atoms with Crippen LogP contribution in [0.2, 0.25) is 0 Å². The van der Waals surface area contributed by atoms with Crippen molar-refractivity contribution < 1.29 is 4.74 Å². The Bertz CT molecular complexity index is 296. The Hall–Kier alpha value is -1.33. The van der Waals surface area contributed by atoms with Crippen LogP contribution in [0.3, 0.4) is 0 Å². The molecule has 2 unspecified atom stereocenters. The van der Waals surface area contributed by atoms with Gasteiger partial charge in [-0.3, -0.25) is 0 Å². The summed E-state index contributed by atoms with van der Waals surface area (Å²) in [7, 11) is 0. The molecule has 16 heavy (non-hydrogen) atoms. The van der Waals surface area contributed by atoms with Gasteiger partial charge in [-0.1, -0.05) is 45.1 Å². The van der Waals surface area contributed by atoms with Crippen molar-refractivity contribution in [3.05, 3.63) is 36.5 Å². The largest absolute Gasteiger partial charge is 0.370 e. The number of nitriles is 1. The van der Waals surface area contributed by atoms with Gasteiger partial charge in [-0.15, -0.1) is 0 Å². The second kappa shape index (κ2) is 8.94. The maximum atomic E-state index is 8.57. The second-order valence-electron chi connectivity index (χ2n) is 3.83. The fraction of sp³-hybridized carbons (Fsp3) is 0.500. The van der Waals surface area contributed by atoms with Crippen molar-refractivity contribution in [3.8, 4) is 6.07 Å². The van der Waals surface area contributed by atoms with Crippen LogP contribution >= 0.6 is 0 Å². The normalized spacial score (nSPS) is 15.1. The van der Waals surface area contributed by atoms with Crippen LogP contribution in [0.4, 0.5) is 0 Å². The molecule has 0 N–H and O–H groups in total. The number of rotatable bonds is 7. The molecule has 0 heterocycles. The predicted molar refractivity (Wildman–Crippen MR) is 67.9 cm³/mol. The standard InChI is InChI=1S/C14H21NO/c1-5-7-14(9-8-13(4)10-15)16-11-12(3)6-2/h5,7-9,12,14H,4,6,11H2,1-3H3/b7-5+,9-8-. The Morgan fingerprint density at radius 3 is 2.69 bits per heavy atom. The highest BCUT2D eigenvalue weighted by atomic mass is 16.5. The van der Waals surface area contributed by atoms with Crippen molar-refractivity contribution in [1.29, 1.82) is 5.26 Å². The van der Waals surface area contributed by atoms with Gasteiger partial charge >= 0.3 is 0 Å². The minimum atomic E-state index is -0.0656. The van der Waals surface area contributed by atoms with Gasteiger partial charge in [-0.25, -0.2) is 0 Å². The third-order valence-electron chi connectivity index (χ3n) is 2.28. The molecule has 0 bridgehead atoms. The summed E-state index contributed by atoms with van der Waals surface area (Å²) >= 11 is 0. The van der Waals surface area contributed by atoms with Crippen LogP contribution in [-0.2, 0) is 4.74 Å². The molecule has 2 heteroatoms. The molecule has 0 rings (SSSR count). The molecule has 0 spiro atoms.